The fraction of sp³-hybridized carbons (Fsp3) is 0.600. The summed E-state index contributed by atoms with van der Waals surface area (Å²) in [5.74, 6) is -1.93. The minimum absolute atomic E-state index is 0.141. The number of rotatable bonds is 8. The molecule has 0 spiro atoms. The predicted octanol–water partition coefficient (Wildman–Crippen LogP) is 7.12. The van der Waals surface area contributed by atoms with Crippen LogP contribution in [0, 0.1) is 0 Å². The number of hydrogen-bond donors (Lipinski definition) is 2. The third-order valence-corrected chi connectivity index (χ3v) is 12.2. The van der Waals surface area contributed by atoms with E-state index in [0.717, 1.165) is 107 Å². The van der Waals surface area contributed by atoms with Crippen LogP contribution in [0.5, 0.6) is 0 Å². The van der Waals surface area contributed by atoms with Gasteiger partial charge in [0.25, 0.3) is 0 Å². The standard InChI is InChI=1S/C20H25ClN2O2.C18H23ClN2O.C2HF3O2/c1-14(24)22-12-8-18(9-13-22)23(17-6-7-17)19(25)20(10-11-20)15-2-4-16(21)5-3-15;19-14-3-1-13(2-4-14)18(9-10-18)17(22)21(15-5-6-15)16-7-11-20-12-8-16;3-2(4,5)1(6)7/h2-5,17-18H,6-13H2,1H3;1-4,15-16,20H,5-12H2;(H,6,7). The summed E-state index contributed by atoms with van der Waals surface area (Å²) in [5.41, 5.74) is 1.68. The summed E-state index contributed by atoms with van der Waals surface area (Å²) in [5, 5.41) is 12.0. The molecule has 0 bridgehead atoms. The van der Waals surface area contributed by atoms with E-state index in [4.69, 9.17) is 33.1 Å². The van der Waals surface area contributed by atoms with Crippen LogP contribution in [0.25, 0.3) is 0 Å². The van der Waals surface area contributed by atoms with Gasteiger partial charge in [-0.15, -0.1) is 0 Å². The van der Waals surface area contributed by atoms with Crippen molar-refractivity contribution in [2.75, 3.05) is 26.2 Å². The molecule has 294 valence electrons. The highest BCUT2D eigenvalue weighted by atomic mass is 35.5. The Morgan fingerprint density at radius 1 is 0.667 bits per heavy atom. The van der Waals surface area contributed by atoms with E-state index >= 15 is 0 Å². The van der Waals surface area contributed by atoms with Gasteiger partial charge in [-0.3, -0.25) is 14.4 Å². The first kappa shape index (κ1) is 40.3. The Balaban J connectivity index is 0.000000158. The summed E-state index contributed by atoms with van der Waals surface area (Å²) in [6.45, 7) is 5.24. The highest BCUT2D eigenvalue weighted by Crippen LogP contribution is 2.53. The maximum atomic E-state index is 13.5. The number of amides is 3. The first-order valence-electron chi connectivity index (χ1n) is 19.1. The zero-order valence-corrected chi connectivity index (χ0v) is 32.1. The van der Waals surface area contributed by atoms with Crippen LogP contribution in [0.15, 0.2) is 48.5 Å². The van der Waals surface area contributed by atoms with Crippen LogP contribution in [0.2, 0.25) is 10.0 Å². The van der Waals surface area contributed by atoms with E-state index in [9.17, 15) is 27.6 Å². The number of hydrogen-bond acceptors (Lipinski definition) is 5. The van der Waals surface area contributed by atoms with E-state index in [1.807, 2.05) is 53.4 Å². The molecular formula is C40H49Cl2F3N4O5. The molecule has 2 aromatic rings. The lowest BCUT2D eigenvalue weighted by Crippen LogP contribution is -2.52. The van der Waals surface area contributed by atoms with E-state index in [1.165, 1.54) is 12.8 Å². The van der Waals surface area contributed by atoms with Crippen molar-refractivity contribution >= 4 is 46.9 Å². The third-order valence-electron chi connectivity index (χ3n) is 11.7. The molecule has 6 aliphatic rings. The van der Waals surface area contributed by atoms with Crippen molar-refractivity contribution in [2.45, 2.75) is 125 Å². The van der Waals surface area contributed by atoms with Gasteiger partial charge >= 0.3 is 12.1 Å². The molecule has 2 saturated heterocycles. The molecule has 8 rings (SSSR count). The van der Waals surface area contributed by atoms with Crippen molar-refractivity contribution in [3.63, 3.8) is 0 Å². The van der Waals surface area contributed by atoms with Crippen molar-refractivity contribution in [2.24, 2.45) is 0 Å². The maximum Gasteiger partial charge on any atom is 0.490 e. The second kappa shape index (κ2) is 16.4. The number of carbonyl (C=O) groups excluding carboxylic acids is 3. The number of benzene rings is 2. The van der Waals surface area contributed by atoms with E-state index in [2.05, 4.69) is 15.1 Å². The minimum Gasteiger partial charge on any atom is -0.475 e. The number of alkyl halides is 3. The number of carboxylic acid groups (broad SMARTS) is 1. The number of halogens is 5. The smallest absolute Gasteiger partial charge is 0.475 e. The van der Waals surface area contributed by atoms with Crippen molar-refractivity contribution < 1.29 is 37.5 Å². The average Bonchev–Trinajstić information content (AvgIpc) is 3.96. The summed E-state index contributed by atoms with van der Waals surface area (Å²) in [7, 11) is 0. The van der Waals surface area contributed by atoms with Gasteiger partial charge in [-0.1, -0.05) is 47.5 Å². The van der Waals surface area contributed by atoms with Gasteiger partial charge in [0, 0.05) is 54.2 Å². The van der Waals surface area contributed by atoms with Crippen LogP contribution in [0.3, 0.4) is 0 Å². The van der Waals surface area contributed by atoms with Crippen LogP contribution < -0.4 is 5.32 Å². The molecule has 9 nitrogen and oxygen atoms in total. The molecule has 2 heterocycles. The number of nitrogens with one attached hydrogen (secondary N) is 1. The zero-order valence-electron chi connectivity index (χ0n) is 30.6. The fourth-order valence-corrected chi connectivity index (χ4v) is 8.29. The molecule has 0 unspecified atom stereocenters. The summed E-state index contributed by atoms with van der Waals surface area (Å²) < 4.78 is 31.7. The Morgan fingerprint density at radius 3 is 1.30 bits per heavy atom. The van der Waals surface area contributed by atoms with Gasteiger partial charge in [0.15, 0.2) is 0 Å². The molecule has 0 atom stereocenters. The van der Waals surface area contributed by atoms with Gasteiger partial charge in [0.05, 0.1) is 10.8 Å². The monoisotopic (exact) mass is 792 g/mol. The summed E-state index contributed by atoms with van der Waals surface area (Å²) in [6, 6.07) is 17.3. The lowest BCUT2D eigenvalue weighted by molar-refractivity contribution is -0.192. The van der Waals surface area contributed by atoms with Crippen molar-refractivity contribution in [1.29, 1.82) is 0 Å². The summed E-state index contributed by atoms with van der Waals surface area (Å²) in [4.78, 5) is 53.7. The van der Waals surface area contributed by atoms with Gasteiger partial charge in [0.1, 0.15) is 0 Å². The first-order valence-corrected chi connectivity index (χ1v) is 19.9. The quantitative estimate of drug-likeness (QED) is 0.295. The molecule has 4 saturated carbocycles. The number of likely N-dealkylation sites (tertiary alicyclic amines) is 1. The third kappa shape index (κ3) is 9.36. The van der Waals surface area contributed by atoms with Crippen molar-refractivity contribution in [1.82, 2.24) is 20.0 Å². The van der Waals surface area contributed by atoms with Crippen LogP contribution >= 0.6 is 23.2 Å². The average molecular weight is 794 g/mol. The predicted molar refractivity (Wildman–Crippen MR) is 199 cm³/mol. The molecule has 4 aliphatic carbocycles. The topological polar surface area (TPSA) is 110 Å². The van der Waals surface area contributed by atoms with Crippen LogP contribution in [0.4, 0.5) is 13.2 Å². The van der Waals surface area contributed by atoms with Gasteiger partial charge in [-0.25, -0.2) is 4.79 Å². The first-order chi connectivity index (χ1) is 25.7. The molecular weight excluding hydrogens is 744 g/mol. The number of carboxylic acids is 1. The Bertz CT molecular complexity index is 1660. The van der Waals surface area contributed by atoms with E-state index < -0.39 is 12.1 Å². The Labute approximate surface area is 324 Å². The fourth-order valence-electron chi connectivity index (χ4n) is 8.04. The number of carbonyl (C=O) groups is 4. The number of piperidine rings is 2. The minimum atomic E-state index is -5.08. The summed E-state index contributed by atoms with van der Waals surface area (Å²) in [6.07, 6.45) is 7.37. The second-order valence-corrected chi connectivity index (χ2v) is 16.5. The van der Waals surface area contributed by atoms with Crippen LogP contribution in [-0.4, -0.2) is 100 Å². The number of aliphatic carboxylic acids is 1. The molecule has 6 fully saturated rings. The second-order valence-electron chi connectivity index (χ2n) is 15.6. The van der Waals surface area contributed by atoms with Crippen molar-refractivity contribution in [3.8, 4) is 0 Å². The normalized spacial score (nSPS) is 21.7. The van der Waals surface area contributed by atoms with Crippen molar-refractivity contribution in [3.05, 3.63) is 69.7 Å². The lowest BCUT2D eigenvalue weighted by Gasteiger charge is -2.40. The molecule has 2 aliphatic heterocycles. The number of nitrogens with zero attached hydrogens (tertiary/aromatic N) is 3. The van der Waals surface area contributed by atoms with Gasteiger partial charge in [-0.2, -0.15) is 13.2 Å². The molecule has 2 N–H and O–H groups in total. The largest absolute Gasteiger partial charge is 0.490 e. The molecule has 14 heteroatoms. The SMILES string of the molecule is CC(=O)N1CCC(N(C(=O)C2(c3ccc(Cl)cc3)CC2)C2CC2)CC1.O=C(N(C1CCNCC1)C1CC1)C1(c2ccc(Cl)cc2)CC1.O=C(O)C(F)(F)F. The molecule has 3 amide bonds. The van der Waals surface area contributed by atoms with Gasteiger partial charge in [0.2, 0.25) is 17.7 Å². The van der Waals surface area contributed by atoms with E-state index in [0.29, 0.717) is 35.0 Å². The molecule has 54 heavy (non-hydrogen) atoms. The molecule has 0 aromatic heterocycles. The Hall–Kier alpha value is -3.35. The molecule has 0 radical (unpaired) electrons. The zero-order chi connectivity index (χ0) is 38.8. The maximum absolute atomic E-state index is 13.5. The van der Waals surface area contributed by atoms with Crippen LogP contribution in [-0.2, 0) is 30.0 Å². The van der Waals surface area contributed by atoms with E-state index in [-0.39, 0.29) is 22.8 Å². The molecule has 2 aromatic carbocycles. The highest BCUT2D eigenvalue weighted by molar-refractivity contribution is 6.30. The summed E-state index contributed by atoms with van der Waals surface area (Å²) >= 11 is 12.0. The Morgan fingerprint density at radius 2 is 1.00 bits per heavy atom. The van der Waals surface area contributed by atoms with Crippen LogP contribution in [0.1, 0.15) is 95.1 Å². The van der Waals surface area contributed by atoms with E-state index in [1.54, 1.807) is 6.92 Å². The Kier molecular flexibility index (Phi) is 12.2. The van der Waals surface area contributed by atoms with Gasteiger partial charge < -0.3 is 25.1 Å². The van der Waals surface area contributed by atoms with Gasteiger partial charge in [-0.05, 0) is 126 Å². The lowest BCUT2D eigenvalue weighted by atomic mass is 9.92. The highest BCUT2D eigenvalue weighted by Gasteiger charge is 2.57.